The predicted molar refractivity (Wildman–Crippen MR) is 25.4 cm³/mol. The van der Waals surface area contributed by atoms with Crippen LogP contribution in [0.15, 0.2) is 12.2 Å². The number of carbonyl (C=O) groups excluding carboxylic acids is 1. The Labute approximate surface area is 46.2 Å². The van der Waals surface area contributed by atoms with Gasteiger partial charge in [0.1, 0.15) is 6.23 Å². The van der Waals surface area contributed by atoms with Crippen LogP contribution in [0.25, 0.3) is 0 Å². The molecule has 4 heteroatoms. The molecular formula is C4H5N2O2. The number of aliphatic hydroxyl groups excluding tert-OH is 1. The molecule has 0 aliphatic carbocycles. The molecule has 1 heterocycles. The minimum absolute atomic E-state index is 0.365. The van der Waals surface area contributed by atoms with Crippen molar-refractivity contribution in [3.05, 3.63) is 12.2 Å². The second-order valence-electron chi connectivity index (χ2n) is 1.38. The second-order valence-corrected chi connectivity index (χ2v) is 1.38. The van der Waals surface area contributed by atoms with Crippen molar-refractivity contribution in [1.29, 1.82) is 0 Å². The number of nitrogens with one attached hydrogen (secondary N) is 1. The zero-order chi connectivity index (χ0) is 5.98. The molecule has 1 atom stereocenters. The molecule has 8 heavy (non-hydrogen) atoms. The van der Waals surface area contributed by atoms with Crippen LogP contribution in [0, 0.1) is 0 Å². The molecule has 1 unspecified atom stereocenters. The van der Waals surface area contributed by atoms with Crippen molar-refractivity contribution in [1.82, 2.24) is 10.9 Å². The zero-order valence-electron chi connectivity index (χ0n) is 4.03. The van der Waals surface area contributed by atoms with Gasteiger partial charge in [0.25, 0.3) is 5.91 Å². The minimum atomic E-state index is -0.798. The monoisotopic (exact) mass is 113 g/mol. The third-order valence-corrected chi connectivity index (χ3v) is 0.728. The smallest absolute Gasteiger partial charge is 0.281 e. The van der Waals surface area contributed by atoms with Crippen molar-refractivity contribution in [2.24, 2.45) is 0 Å². The Balaban J connectivity index is 2.55. The van der Waals surface area contributed by atoms with Gasteiger partial charge in [0, 0.05) is 6.08 Å². The van der Waals surface area contributed by atoms with Gasteiger partial charge in [-0.2, -0.15) is 10.9 Å². The molecular weight excluding hydrogens is 108 g/mol. The van der Waals surface area contributed by atoms with Gasteiger partial charge in [0.05, 0.1) is 0 Å². The molecule has 0 aromatic carbocycles. The van der Waals surface area contributed by atoms with Crippen LogP contribution >= 0.6 is 0 Å². The van der Waals surface area contributed by atoms with Crippen molar-refractivity contribution >= 4 is 5.91 Å². The lowest BCUT2D eigenvalue weighted by Crippen LogP contribution is -2.40. The van der Waals surface area contributed by atoms with Gasteiger partial charge in [-0.25, -0.2) is 0 Å². The number of hydrogen-bond acceptors (Lipinski definition) is 3. The van der Waals surface area contributed by atoms with Crippen molar-refractivity contribution in [3.8, 4) is 0 Å². The summed E-state index contributed by atoms with van der Waals surface area (Å²) in [6.07, 6.45) is 1.74. The standard InChI is InChI=1S/C4H5N2O2/c7-3-1-2-4(8)6-5-3/h1-3,5,7H. The first-order valence-electron chi connectivity index (χ1n) is 2.15. The van der Waals surface area contributed by atoms with Crippen LogP contribution in [-0.4, -0.2) is 17.2 Å². The van der Waals surface area contributed by atoms with E-state index in [1.54, 1.807) is 0 Å². The van der Waals surface area contributed by atoms with Crippen LogP contribution in [0.3, 0.4) is 0 Å². The van der Waals surface area contributed by atoms with Gasteiger partial charge in [-0.3, -0.25) is 4.79 Å². The lowest BCUT2D eigenvalue weighted by atomic mass is 10.4. The van der Waals surface area contributed by atoms with E-state index < -0.39 is 6.23 Å². The van der Waals surface area contributed by atoms with Crippen LogP contribution in [0.5, 0.6) is 0 Å². The van der Waals surface area contributed by atoms with Crippen LogP contribution in [0.2, 0.25) is 0 Å². The van der Waals surface area contributed by atoms with Crippen LogP contribution in [0.4, 0.5) is 0 Å². The molecule has 43 valence electrons. The highest BCUT2D eigenvalue weighted by molar-refractivity contribution is 5.87. The topological polar surface area (TPSA) is 63.4 Å². The Morgan fingerprint density at radius 2 is 2.62 bits per heavy atom. The summed E-state index contributed by atoms with van der Waals surface area (Å²) in [6.45, 7) is 0. The van der Waals surface area contributed by atoms with E-state index in [1.165, 1.54) is 12.2 Å². The van der Waals surface area contributed by atoms with E-state index in [4.69, 9.17) is 5.11 Å². The summed E-state index contributed by atoms with van der Waals surface area (Å²) in [5, 5.41) is 8.58. The summed E-state index contributed by atoms with van der Waals surface area (Å²) in [6, 6.07) is 0. The molecule has 2 N–H and O–H groups in total. The fourth-order valence-corrected chi connectivity index (χ4v) is 0.384. The second kappa shape index (κ2) is 1.94. The average Bonchev–Trinajstić information content (AvgIpc) is 1.77. The molecule has 0 aromatic heterocycles. The maximum atomic E-state index is 10.2. The van der Waals surface area contributed by atoms with Gasteiger partial charge in [-0.1, -0.05) is 0 Å². The SMILES string of the molecule is O=C1C=CC(O)N[N]1. The van der Waals surface area contributed by atoms with E-state index in [-0.39, 0.29) is 5.91 Å². The number of rotatable bonds is 0. The molecule has 0 spiro atoms. The van der Waals surface area contributed by atoms with Gasteiger partial charge in [0.15, 0.2) is 0 Å². The third kappa shape index (κ3) is 1.05. The Hall–Kier alpha value is -0.870. The quantitative estimate of drug-likeness (QED) is 0.402. The fraction of sp³-hybridized carbons (Fsp3) is 0.250. The summed E-state index contributed by atoms with van der Waals surface area (Å²) in [5.41, 5.74) is 5.36. The highest BCUT2D eigenvalue weighted by atomic mass is 16.3. The number of nitrogens with zero attached hydrogens (tertiary/aromatic N) is 1. The van der Waals surface area contributed by atoms with Crippen LogP contribution in [0.1, 0.15) is 0 Å². The Bertz CT molecular complexity index is 132. The van der Waals surface area contributed by atoms with Crippen molar-refractivity contribution in [2.45, 2.75) is 6.23 Å². The summed E-state index contributed by atoms with van der Waals surface area (Å²) in [5.74, 6) is -0.365. The number of hydrogen-bond donors (Lipinski definition) is 2. The van der Waals surface area contributed by atoms with E-state index >= 15 is 0 Å². The molecule has 0 saturated heterocycles. The molecule has 1 radical (unpaired) electrons. The number of aliphatic hydroxyl groups is 1. The molecule has 1 aliphatic rings. The molecule has 0 aromatic rings. The van der Waals surface area contributed by atoms with E-state index in [0.29, 0.717) is 0 Å². The van der Waals surface area contributed by atoms with Gasteiger partial charge in [-0.15, -0.1) is 0 Å². The molecule has 4 nitrogen and oxygen atoms in total. The predicted octanol–water partition coefficient (Wildman–Crippen LogP) is -1.49. The summed E-state index contributed by atoms with van der Waals surface area (Å²) in [4.78, 5) is 10.2. The first-order valence-corrected chi connectivity index (χ1v) is 2.15. The molecule has 0 bridgehead atoms. The van der Waals surface area contributed by atoms with E-state index in [2.05, 4.69) is 10.9 Å². The summed E-state index contributed by atoms with van der Waals surface area (Å²) in [7, 11) is 0. The lowest BCUT2D eigenvalue weighted by molar-refractivity contribution is -0.119. The zero-order valence-corrected chi connectivity index (χ0v) is 4.03. The molecule has 1 rings (SSSR count). The van der Waals surface area contributed by atoms with E-state index in [9.17, 15) is 4.79 Å². The molecule has 0 fully saturated rings. The number of amides is 1. The van der Waals surface area contributed by atoms with Crippen molar-refractivity contribution < 1.29 is 9.90 Å². The number of carbonyl (C=O) groups is 1. The minimum Gasteiger partial charge on any atom is -0.373 e. The average molecular weight is 113 g/mol. The van der Waals surface area contributed by atoms with E-state index in [0.717, 1.165) is 0 Å². The lowest BCUT2D eigenvalue weighted by Gasteiger charge is -2.08. The molecule has 1 aliphatic heterocycles. The first-order chi connectivity index (χ1) is 3.79. The highest BCUT2D eigenvalue weighted by Crippen LogP contribution is 1.85. The maximum Gasteiger partial charge on any atom is 0.281 e. The maximum absolute atomic E-state index is 10.2. The Kier molecular flexibility index (Phi) is 1.27. The van der Waals surface area contributed by atoms with Crippen molar-refractivity contribution in [3.63, 3.8) is 0 Å². The van der Waals surface area contributed by atoms with Gasteiger partial charge >= 0.3 is 0 Å². The summed E-state index contributed by atoms with van der Waals surface area (Å²) >= 11 is 0. The third-order valence-electron chi connectivity index (χ3n) is 0.728. The van der Waals surface area contributed by atoms with Gasteiger partial charge in [-0.05, 0) is 6.08 Å². The van der Waals surface area contributed by atoms with E-state index in [1.807, 2.05) is 0 Å². The Morgan fingerprint density at radius 3 is 3.00 bits per heavy atom. The van der Waals surface area contributed by atoms with Crippen LogP contribution < -0.4 is 10.9 Å². The first kappa shape index (κ1) is 5.27. The van der Waals surface area contributed by atoms with Crippen molar-refractivity contribution in [2.75, 3.05) is 0 Å². The Morgan fingerprint density at radius 1 is 1.88 bits per heavy atom. The van der Waals surface area contributed by atoms with Gasteiger partial charge < -0.3 is 5.11 Å². The summed E-state index contributed by atoms with van der Waals surface area (Å²) < 4.78 is 0. The normalized spacial score (nSPS) is 27.6. The fourth-order valence-electron chi connectivity index (χ4n) is 0.384. The van der Waals surface area contributed by atoms with Gasteiger partial charge in [0.2, 0.25) is 0 Å². The molecule has 1 amide bonds. The highest BCUT2D eigenvalue weighted by Gasteiger charge is 2.07. The van der Waals surface area contributed by atoms with Crippen LogP contribution in [-0.2, 0) is 4.79 Å². The molecule has 0 saturated carbocycles. The largest absolute Gasteiger partial charge is 0.373 e.